The summed E-state index contributed by atoms with van der Waals surface area (Å²) in [6.07, 6.45) is -3.16. The highest BCUT2D eigenvalue weighted by atomic mass is 32.2. The maximum absolute atomic E-state index is 13.1. The SMILES string of the molecule is O=C(NS(=O)(=O)c1ccccc1C(F)(F)F)[C@@H]1CC[C@@H](c2ccccc2)C1. The fraction of sp³-hybridized carbons (Fsp3) is 0.316. The van der Waals surface area contributed by atoms with Gasteiger partial charge in [-0.3, -0.25) is 4.79 Å². The average Bonchev–Trinajstić information content (AvgIpc) is 3.12. The van der Waals surface area contributed by atoms with E-state index in [2.05, 4.69) is 0 Å². The van der Waals surface area contributed by atoms with E-state index in [1.54, 1.807) is 0 Å². The van der Waals surface area contributed by atoms with Crippen LogP contribution in [0.1, 0.15) is 36.3 Å². The highest BCUT2D eigenvalue weighted by Crippen LogP contribution is 2.39. The third kappa shape index (κ3) is 4.32. The predicted octanol–water partition coefficient (Wildman–Crippen LogP) is 4.09. The summed E-state index contributed by atoms with van der Waals surface area (Å²) in [6.45, 7) is 0. The van der Waals surface area contributed by atoms with Crippen LogP contribution >= 0.6 is 0 Å². The molecule has 2 aromatic rings. The van der Waals surface area contributed by atoms with Crippen molar-refractivity contribution in [2.24, 2.45) is 5.92 Å². The summed E-state index contributed by atoms with van der Waals surface area (Å²) in [7, 11) is -4.61. The largest absolute Gasteiger partial charge is 0.417 e. The Bertz CT molecular complexity index is 927. The number of alkyl halides is 3. The average molecular weight is 397 g/mol. The Labute approximate surface area is 155 Å². The molecule has 2 atom stereocenters. The molecular weight excluding hydrogens is 379 g/mol. The predicted molar refractivity (Wildman–Crippen MR) is 93.3 cm³/mol. The van der Waals surface area contributed by atoms with E-state index in [4.69, 9.17) is 0 Å². The number of sulfonamides is 1. The van der Waals surface area contributed by atoms with Crippen molar-refractivity contribution >= 4 is 15.9 Å². The van der Waals surface area contributed by atoms with Crippen molar-refractivity contribution in [3.05, 3.63) is 65.7 Å². The maximum Gasteiger partial charge on any atom is 0.417 e. The van der Waals surface area contributed by atoms with Gasteiger partial charge in [0.05, 0.1) is 10.5 Å². The normalized spacial score (nSPS) is 20.4. The molecule has 3 rings (SSSR count). The summed E-state index contributed by atoms with van der Waals surface area (Å²) >= 11 is 0. The molecule has 0 heterocycles. The lowest BCUT2D eigenvalue weighted by atomic mass is 9.96. The molecule has 1 amide bonds. The Morgan fingerprint density at radius 2 is 1.59 bits per heavy atom. The minimum Gasteiger partial charge on any atom is -0.274 e. The summed E-state index contributed by atoms with van der Waals surface area (Å²) in [6, 6.07) is 13.4. The maximum atomic E-state index is 13.1. The molecule has 0 aliphatic heterocycles. The van der Waals surface area contributed by atoms with Crippen LogP contribution in [0.2, 0.25) is 0 Å². The molecule has 1 fully saturated rings. The van der Waals surface area contributed by atoms with Gasteiger partial charge in [-0.2, -0.15) is 13.2 Å². The van der Waals surface area contributed by atoms with Crippen LogP contribution in [0.15, 0.2) is 59.5 Å². The van der Waals surface area contributed by atoms with Crippen molar-refractivity contribution in [2.75, 3.05) is 0 Å². The van der Waals surface area contributed by atoms with E-state index in [0.717, 1.165) is 24.1 Å². The van der Waals surface area contributed by atoms with Crippen molar-refractivity contribution in [3.8, 4) is 0 Å². The zero-order valence-corrected chi connectivity index (χ0v) is 15.1. The molecule has 1 aliphatic carbocycles. The van der Waals surface area contributed by atoms with Crippen LogP contribution in [-0.2, 0) is 21.0 Å². The highest BCUT2D eigenvalue weighted by molar-refractivity contribution is 7.90. The van der Waals surface area contributed by atoms with Gasteiger partial charge in [0.2, 0.25) is 5.91 Å². The molecule has 0 saturated heterocycles. The number of carbonyl (C=O) groups excluding carboxylic acids is 1. The van der Waals surface area contributed by atoms with Gasteiger partial charge in [0.25, 0.3) is 10.0 Å². The van der Waals surface area contributed by atoms with E-state index in [-0.39, 0.29) is 5.92 Å². The van der Waals surface area contributed by atoms with Crippen LogP contribution in [-0.4, -0.2) is 14.3 Å². The number of amides is 1. The molecule has 2 aromatic carbocycles. The highest BCUT2D eigenvalue weighted by Gasteiger charge is 2.38. The van der Waals surface area contributed by atoms with Crippen LogP contribution < -0.4 is 4.72 Å². The molecule has 0 aromatic heterocycles. The van der Waals surface area contributed by atoms with Crippen LogP contribution in [0.5, 0.6) is 0 Å². The van der Waals surface area contributed by atoms with E-state index in [1.165, 1.54) is 6.07 Å². The second kappa shape index (κ2) is 7.34. The van der Waals surface area contributed by atoms with Crippen LogP contribution in [0.4, 0.5) is 13.2 Å². The van der Waals surface area contributed by atoms with E-state index in [0.29, 0.717) is 18.9 Å². The van der Waals surface area contributed by atoms with Crippen molar-refractivity contribution in [2.45, 2.75) is 36.3 Å². The molecule has 4 nitrogen and oxygen atoms in total. The van der Waals surface area contributed by atoms with E-state index < -0.39 is 38.5 Å². The first kappa shape index (κ1) is 19.4. The lowest BCUT2D eigenvalue weighted by Crippen LogP contribution is -2.35. The van der Waals surface area contributed by atoms with Crippen molar-refractivity contribution < 1.29 is 26.4 Å². The first-order valence-electron chi connectivity index (χ1n) is 8.46. The van der Waals surface area contributed by atoms with Gasteiger partial charge in [-0.1, -0.05) is 42.5 Å². The van der Waals surface area contributed by atoms with Gasteiger partial charge in [-0.25, -0.2) is 13.1 Å². The molecule has 8 heteroatoms. The van der Waals surface area contributed by atoms with E-state index in [1.807, 2.05) is 35.1 Å². The second-order valence-corrected chi connectivity index (χ2v) is 8.23. The minimum absolute atomic E-state index is 0.132. The molecule has 0 unspecified atom stereocenters. The molecule has 1 N–H and O–H groups in total. The zero-order valence-electron chi connectivity index (χ0n) is 14.2. The van der Waals surface area contributed by atoms with Gasteiger partial charge in [-0.05, 0) is 42.9 Å². The van der Waals surface area contributed by atoms with Gasteiger partial charge in [0.15, 0.2) is 0 Å². The van der Waals surface area contributed by atoms with Gasteiger partial charge in [-0.15, -0.1) is 0 Å². The third-order valence-corrected chi connectivity index (χ3v) is 6.20. The number of rotatable bonds is 4. The minimum atomic E-state index is -4.83. The first-order chi connectivity index (χ1) is 12.7. The summed E-state index contributed by atoms with van der Waals surface area (Å²) in [5.41, 5.74) is -0.225. The van der Waals surface area contributed by atoms with Gasteiger partial charge in [0, 0.05) is 5.92 Å². The Hall–Kier alpha value is -2.35. The second-order valence-electron chi connectivity index (χ2n) is 6.58. The summed E-state index contributed by atoms with van der Waals surface area (Å²) < 4.78 is 65.8. The van der Waals surface area contributed by atoms with Crippen molar-refractivity contribution in [1.82, 2.24) is 4.72 Å². The Kier molecular flexibility index (Phi) is 5.28. The molecular formula is C19H18F3NO3S. The smallest absolute Gasteiger partial charge is 0.274 e. The third-order valence-electron chi connectivity index (χ3n) is 4.79. The fourth-order valence-electron chi connectivity index (χ4n) is 3.45. The monoisotopic (exact) mass is 397 g/mol. The number of hydrogen-bond donors (Lipinski definition) is 1. The summed E-state index contributed by atoms with van der Waals surface area (Å²) in [4.78, 5) is 11.5. The van der Waals surface area contributed by atoms with Crippen LogP contribution in [0.25, 0.3) is 0 Å². The molecule has 27 heavy (non-hydrogen) atoms. The quantitative estimate of drug-likeness (QED) is 0.845. The Morgan fingerprint density at radius 1 is 0.963 bits per heavy atom. The van der Waals surface area contributed by atoms with E-state index in [9.17, 15) is 26.4 Å². The topological polar surface area (TPSA) is 63.2 Å². The van der Waals surface area contributed by atoms with Gasteiger partial charge >= 0.3 is 6.18 Å². The molecule has 0 bridgehead atoms. The summed E-state index contributed by atoms with van der Waals surface area (Å²) in [5, 5.41) is 0. The first-order valence-corrected chi connectivity index (χ1v) is 9.94. The molecule has 1 aliphatic rings. The van der Waals surface area contributed by atoms with Gasteiger partial charge < -0.3 is 0 Å². The number of carbonyl (C=O) groups is 1. The Morgan fingerprint density at radius 3 is 2.26 bits per heavy atom. The van der Waals surface area contributed by atoms with Gasteiger partial charge in [0.1, 0.15) is 0 Å². The van der Waals surface area contributed by atoms with E-state index >= 15 is 0 Å². The molecule has 144 valence electrons. The molecule has 1 saturated carbocycles. The van der Waals surface area contributed by atoms with Crippen molar-refractivity contribution in [1.29, 1.82) is 0 Å². The molecule has 0 spiro atoms. The summed E-state index contributed by atoms with van der Waals surface area (Å²) in [5.74, 6) is -1.18. The zero-order chi connectivity index (χ0) is 19.7. The fourth-order valence-corrected chi connectivity index (χ4v) is 4.73. The van der Waals surface area contributed by atoms with Crippen LogP contribution in [0, 0.1) is 5.92 Å². The lowest BCUT2D eigenvalue weighted by Gasteiger charge is -2.16. The standard InChI is InChI=1S/C19H18F3NO3S/c20-19(21,22)16-8-4-5-9-17(16)27(25,26)23-18(24)15-11-10-14(12-15)13-6-2-1-3-7-13/h1-9,14-15H,10-12H2,(H,23,24)/t14-,15-/m1/s1. The number of nitrogens with one attached hydrogen (secondary N) is 1. The Balaban J connectivity index is 1.75. The number of hydrogen-bond acceptors (Lipinski definition) is 3. The lowest BCUT2D eigenvalue weighted by molar-refractivity contribution is -0.140. The molecule has 0 radical (unpaired) electrons. The van der Waals surface area contributed by atoms with Crippen molar-refractivity contribution in [3.63, 3.8) is 0 Å². The number of halogens is 3. The number of benzene rings is 2. The van der Waals surface area contributed by atoms with Crippen LogP contribution in [0.3, 0.4) is 0 Å².